The van der Waals surface area contributed by atoms with Crippen molar-refractivity contribution in [2.75, 3.05) is 35.2 Å². The van der Waals surface area contributed by atoms with E-state index in [-0.39, 0.29) is 12.7 Å². The summed E-state index contributed by atoms with van der Waals surface area (Å²) in [7, 11) is 6.15. The summed E-state index contributed by atoms with van der Waals surface area (Å²) in [4.78, 5) is 13.4. The number of hydrogen-bond acceptors (Lipinski definition) is 9. The van der Waals surface area contributed by atoms with Crippen molar-refractivity contribution in [2.24, 2.45) is 5.92 Å². The first-order valence-corrected chi connectivity index (χ1v) is 12.6. The normalized spacial score (nSPS) is 21.1. The predicted molar refractivity (Wildman–Crippen MR) is 142 cm³/mol. The maximum Gasteiger partial charge on any atom is 0.338 e. The molecular weight excluding hydrogens is 504 g/mol. The van der Waals surface area contributed by atoms with Crippen LogP contribution in [-0.4, -0.2) is 51.9 Å². The van der Waals surface area contributed by atoms with Crippen LogP contribution in [0.5, 0.6) is 34.5 Å². The maximum absolute atomic E-state index is 13.4. The lowest BCUT2D eigenvalue weighted by Crippen LogP contribution is -2.43. The molecule has 0 fully saturated rings. The zero-order valence-electron chi connectivity index (χ0n) is 22.8. The van der Waals surface area contributed by atoms with Crippen molar-refractivity contribution in [2.45, 2.75) is 32.0 Å². The number of benzene rings is 3. The van der Waals surface area contributed by atoms with E-state index in [9.17, 15) is 9.90 Å². The second kappa shape index (κ2) is 10.2. The van der Waals surface area contributed by atoms with Crippen LogP contribution in [0.25, 0.3) is 11.1 Å². The van der Waals surface area contributed by atoms with Gasteiger partial charge in [0.15, 0.2) is 29.1 Å². The van der Waals surface area contributed by atoms with E-state index in [0.717, 1.165) is 5.56 Å². The fraction of sp³-hybridized carbons (Fsp3) is 0.367. The second-order valence-electron chi connectivity index (χ2n) is 9.77. The summed E-state index contributed by atoms with van der Waals surface area (Å²) >= 11 is 0. The first-order valence-electron chi connectivity index (χ1n) is 12.6. The number of methoxy groups -OCH3 is 4. The van der Waals surface area contributed by atoms with Gasteiger partial charge in [0, 0.05) is 16.7 Å². The lowest BCUT2D eigenvalue weighted by atomic mass is 9.73. The molecule has 1 N–H and O–H groups in total. The van der Waals surface area contributed by atoms with Crippen LogP contribution in [-0.2, 0) is 11.2 Å². The van der Waals surface area contributed by atoms with Gasteiger partial charge in [0.1, 0.15) is 5.60 Å². The van der Waals surface area contributed by atoms with Crippen molar-refractivity contribution >= 4 is 5.97 Å². The highest BCUT2D eigenvalue weighted by Crippen LogP contribution is 2.59. The molecule has 3 aromatic rings. The van der Waals surface area contributed by atoms with Gasteiger partial charge in [0.25, 0.3) is 0 Å². The number of carbonyl (C=O) groups is 1. The van der Waals surface area contributed by atoms with E-state index < -0.39 is 17.7 Å². The molecule has 206 valence electrons. The average Bonchev–Trinajstić information content (AvgIpc) is 3.42. The summed E-state index contributed by atoms with van der Waals surface area (Å²) in [6.07, 6.45) is -0.709. The molecule has 1 heterocycles. The minimum Gasteiger partial charge on any atom is -0.493 e. The molecule has 0 saturated heterocycles. The zero-order valence-corrected chi connectivity index (χ0v) is 22.8. The van der Waals surface area contributed by atoms with E-state index in [4.69, 9.17) is 33.2 Å². The van der Waals surface area contributed by atoms with Crippen LogP contribution in [0, 0.1) is 5.92 Å². The van der Waals surface area contributed by atoms with Crippen LogP contribution in [0.1, 0.15) is 41.4 Å². The zero-order chi connectivity index (χ0) is 27.9. The van der Waals surface area contributed by atoms with Gasteiger partial charge in [0.05, 0.1) is 34.0 Å². The molecule has 9 nitrogen and oxygen atoms in total. The Bertz CT molecular complexity index is 1400. The molecule has 3 aromatic carbocycles. The highest BCUT2D eigenvalue weighted by Gasteiger charge is 2.47. The third-order valence-electron chi connectivity index (χ3n) is 7.59. The third kappa shape index (κ3) is 4.27. The molecule has 5 rings (SSSR count). The van der Waals surface area contributed by atoms with Crippen molar-refractivity contribution in [3.63, 3.8) is 0 Å². The van der Waals surface area contributed by atoms with Crippen LogP contribution in [0.3, 0.4) is 0 Å². The van der Waals surface area contributed by atoms with Gasteiger partial charge >= 0.3 is 5.97 Å². The van der Waals surface area contributed by atoms with Gasteiger partial charge in [-0.2, -0.15) is 0 Å². The van der Waals surface area contributed by atoms with Crippen molar-refractivity contribution in [1.29, 1.82) is 0 Å². The molecular formula is C30H32O9. The minimum absolute atomic E-state index is 0.00816. The first kappa shape index (κ1) is 26.5. The summed E-state index contributed by atoms with van der Waals surface area (Å²) in [6.45, 7) is 3.57. The molecule has 39 heavy (non-hydrogen) atoms. The highest BCUT2D eigenvalue weighted by atomic mass is 16.7. The molecule has 1 aliphatic heterocycles. The number of aliphatic hydroxyl groups is 1. The van der Waals surface area contributed by atoms with Crippen molar-refractivity contribution < 1.29 is 43.1 Å². The fourth-order valence-corrected chi connectivity index (χ4v) is 5.37. The van der Waals surface area contributed by atoms with Crippen LogP contribution in [0.2, 0.25) is 0 Å². The Labute approximate surface area is 227 Å². The number of fused-ring (bicyclic) bond motifs is 4. The van der Waals surface area contributed by atoms with Gasteiger partial charge < -0.3 is 38.3 Å². The third-order valence-corrected chi connectivity index (χ3v) is 7.59. The monoisotopic (exact) mass is 536 g/mol. The Balaban J connectivity index is 1.86. The average molecular weight is 537 g/mol. The summed E-state index contributed by atoms with van der Waals surface area (Å²) in [5.41, 5.74) is 1.35. The van der Waals surface area contributed by atoms with Gasteiger partial charge in [-0.05, 0) is 49.1 Å². The molecule has 0 bridgehead atoms. The molecule has 0 radical (unpaired) electrons. The lowest BCUT2D eigenvalue weighted by Gasteiger charge is -2.41. The Morgan fingerprint density at radius 2 is 1.62 bits per heavy atom. The van der Waals surface area contributed by atoms with Gasteiger partial charge in [-0.15, -0.1) is 0 Å². The smallest absolute Gasteiger partial charge is 0.338 e. The highest BCUT2D eigenvalue weighted by molar-refractivity contribution is 5.91. The van der Waals surface area contributed by atoms with Crippen LogP contribution >= 0.6 is 0 Å². The standard InChI is InChI=1S/C30H32O9/c1-16-12-18-13-20(33-3)24(34-4)26(35-5)22(18)23-19(14-21-25(27(23)36-6)38-15-37-21)28(30(16,2)32)39-29(31)17-10-8-7-9-11-17/h7-11,13-14,16,28,32H,12,15H2,1-6H3/t16-,28?,30+/m0/s1. The van der Waals surface area contributed by atoms with E-state index in [2.05, 4.69) is 0 Å². The quantitative estimate of drug-likeness (QED) is 0.438. The second-order valence-corrected chi connectivity index (χ2v) is 9.77. The number of carbonyl (C=O) groups excluding carboxylic acids is 1. The number of esters is 1. The molecule has 1 unspecified atom stereocenters. The summed E-state index contributed by atoms with van der Waals surface area (Å²) in [5, 5.41) is 12.1. The number of rotatable bonds is 6. The molecule has 2 aliphatic rings. The summed E-state index contributed by atoms with van der Waals surface area (Å²) in [5.74, 6) is 1.51. The maximum atomic E-state index is 13.4. The van der Waals surface area contributed by atoms with E-state index in [1.54, 1.807) is 51.5 Å². The topological polar surface area (TPSA) is 102 Å². The Morgan fingerprint density at radius 3 is 2.26 bits per heavy atom. The predicted octanol–water partition coefficient (Wildman–Crippen LogP) is 4.96. The number of hydrogen-bond donors (Lipinski definition) is 1. The van der Waals surface area contributed by atoms with Gasteiger partial charge in [-0.3, -0.25) is 0 Å². The van der Waals surface area contributed by atoms with Crippen molar-refractivity contribution in [3.8, 4) is 45.6 Å². The summed E-state index contributed by atoms with van der Waals surface area (Å²) < 4.78 is 40.8. The SMILES string of the molecule is COc1cc2c(c(OC)c1OC)-c1c(cc3c(c1OC)OCO3)C(OC(=O)c1ccccc1)[C@](C)(O)[C@@H](C)C2. The Kier molecular flexibility index (Phi) is 6.94. The first-order chi connectivity index (χ1) is 18.8. The van der Waals surface area contributed by atoms with Crippen LogP contribution in [0.4, 0.5) is 0 Å². The van der Waals surface area contributed by atoms with Crippen LogP contribution < -0.4 is 28.4 Å². The summed E-state index contributed by atoms with van der Waals surface area (Å²) in [6, 6.07) is 12.3. The molecule has 1 aliphatic carbocycles. The molecule has 9 heteroatoms. The van der Waals surface area contributed by atoms with Crippen molar-refractivity contribution in [1.82, 2.24) is 0 Å². The Hall–Kier alpha value is -4.11. The molecule has 0 amide bonds. The van der Waals surface area contributed by atoms with E-state index in [0.29, 0.717) is 63.2 Å². The lowest BCUT2D eigenvalue weighted by molar-refractivity contribution is -0.107. The fourth-order valence-electron chi connectivity index (χ4n) is 5.37. The molecule has 0 spiro atoms. The minimum atomic E-state index is -1.50. The molecule has 0 aromatic heterocycles. The van der Waals surface area contributed by atoms with E-state index >= 15 is 0 Å². The number of ether oxygens (including phenoxy) is 7. The van der Waals surface area contributed by atoms with Gasteiger partial charge in [0.2, 0.25) is 18.3 Å². The van der Waals surface area contributed by atoms with Crippen molar-refractivity contribution in [3.05, 3.63) is 59.2 Å². The molecule has 3 atom stereocenters. The van der Waals surface area contributed by atoms with E-state index in [1.165, 1.54) is 14.2 Å². The van der Waals surface area contributed by atoms with Crippen LogP contribution in [0.15, 0.2) is 42.5 Å². The Morgan fingerprint density at radius 1 is 0.923 bits per heavy atom. The molecule has 0 saturated carbocycles. The largest absolute Gasteiger partial charge is 0.493 e. The van der Waals surface area contributed by atoms with Gasteiger partial charge in [-0.1, -0.05) is 25.1 Å². The van der Waals surface area contributed by atoms with E-state index in [1.807, 2.05) is 19.1 Å². The van der Waals surface area contributed by atoms with Gasteiger partial charge in [-0.25, -0.2) is 4.79 Å².